The van der Waals surface area contributed by atoms with Crippen molar-refractivity contribution in [3.63, 3.8) is 0 Å². The Morgan fingerprint density at radius 2 is 2.24 bits per heavy atom. The third kappa shape index (κ3) is 3.58. The van der Waals surface area contributed by atoms with Gasteiger partial charge in [0.25, 0.3) is 0 Å². The van der Waals surface area contributed by atoms with Gasteiger partial charge < -0.3 is 15.2 Å². The minimum atomic E-state index is -3.72. The molecule has 1 unspecified atom stereocenters. The molecule has 21 heavy (non-hydrogen) atoms. The lowest BCUT2D eigenvalue weighted by Gasteiger charge is -2.26. The highest BCUT2D eigenvalue weighted by Crippen LogP contribution is 2.23. The zero-order valence-electron chi connectivity index (χ0n) is 11.7. The van der Waals surface area contributed by atoms with E-state index in [0.717, 1.165) is 0 Å². The Morgan fingerprint density at radius 3 is 2.81 bits per heavy atom. The quantitative estimate of drug-likeness (QED) is 0.734. The van der Waals surface area contributed by atoms with Gasteiger partial charge in [0.2, 0.25) is 10.0 Å². The van der Waals surface area contributed by atoms with Crippen molar-refractivity contribution < 1.29 is 17.9 Å². The highest BCUT2D eigenvalue weighted by Gasteiger charge is 2.36. The van der Waals surface area contributed by atoms with Gasteiger partial charge in [0, 0.05) is 32.2 Å². The van der Waals surface area contributed by atoms with Crippen LogP contribution in [0.15, 0.2) is 29.2 Å². The summed E-state index contributed by atoms with van der Waals surface area (Å²) in [5.74, 6) is 0. The van der Waals surface area contributed by atoms with Crippen LogP contribution >= 0.6 is 12.2 Å². The van der Waals surface area contributed by atoms with Crippen molar-refractivity contribution in [3.05, 3.63) is 29.8 Å². The summed E-state index contributed by atoms with van der Waals surface area (Å²) in [6.07, 6.45) is 0.642. The standard InChI is InChI=1S/C13H18N2O4S2/c1-18-13(6-7-19-9-13)8-15-21(16,17)11-5-3-2-4-10(11)12(14)20/h2-5,15H,6-9H2,1H3,(H2,14,20). The fourth-order valence-electron chi connectivity index (χ4n) is 2.17. The van der Waals surface area contributed by atoms with E-state index in [4.69, 9.17) is 27.4 Å². The molecule has 1 aromatic rings. The van der Waals surface area contributed by atoms with Crippen molar-refractivity contribution in [1.29, 1.82) is 0 Å². The third-order valence-electron chi connectivity index (χ3n) is 3.53. The lowest BCUT2D eigenvalue weighted by Crippen LogP contribution is -2.45. The predicted molar refractivity (Wildman–Crippen MR) is 82.7 cm³/mol. The number of benzene rings is 1. The van der Waals surface area contributed by atoms with Crippen LogP contribution in [0.4, 0.5) is 0 Å². The van der Waals surface area contributed by atoms with Crippen LogP contribution in [0.5, 0.6) is 0 Å². The fourth-order valence-corrected chi connectivity index (χ4v) is 3.75. The molecule has 1 fully saturated rings. The van der Waals surface area contributed by atoms with Crippen molar-refractivity contribution in [3.8, 4) is 0 Å². The van der Waals surface area contributed by atoms with Gasteiger partial charge in [0.1, 0.15) is 10.6 Å². The van der Waals surface area contributed by atoms with E-state index in [1.54, 1.807) is 25.3 Å². The second-order valence-electron chi connectivity index (χ2n) is 4.87. The molecule has 0 bridgehead atoms. The molecule has 116 valence electrons. The number of sulfonamides is 1. The number of hydrogen-bond donors (Lipinski definition) is 2. The van der Waals surface area contributed by atoms with Gasteiger partial charge in [-0.15, -0.1) is 0 Å². The molecule has 0 aromatic heterocycles. The van der Waals surface area contributed by atoms with E-state index >= 15 is 0 Å². The maximum absolute atomic E-state index is 12.4. The topological polar surface area (TPSA) is 90.7 Å². The van der Waals surface area contributed by atoms with Gasteiger partial charge in [-0.2, -0.15) is 0 Å². The predicted octanol–water partition coefficient (Wildman–Crippen LogP) is 0.405. The molecule has 0 amide bonds. The number of hydrogen-bond acceptors (Lipinski definition) is 5. The number of rotatable bonds is 6. The molecule has 1 aliphatic rings. The van der Waals surface area contributed by atoms with Crippen LogP contribution < -0.4 is 10.5 Å². The molecule has 2 rings (SSSR count). The number of nitrogens with two attached hydrogens (primary N) is 1. The van der Waals surface area contributed by atoms with Crippen LogP contribution in [0.25, 0.3) is 0 Å². The van der Waals surface area contributed by atoms with Gasteiger partial charge in [0.15, 0.2) is 0 Å². The summed E-state index contributed by atoms with van der Waals surface area (Å²) in [5, 5.41) is 0. The van der Waals surface area contributed by atoms with E-state index in [0.29, 0.717) is 25.2 Å². The Kier molecular flexibility index (Phi) is 4.95. The lowest BCUT2D eigenvalue weighted by atomic mass is 10.0. The molecule has 8 heteroatoms. The van der Waals surface area contributed by atoms with Gasteiger partial charge in [-0.25, -0.2) is 13.1 Å². The summed E-state index contributed by atoms with van der Waals surface area (Å²) in [5.41, 5.74) is 5.28. The summed E-state index contributed by atoms with van der Waals surface area (Å²) >= 11 is 4.90. The van der Waals surface area contributed by atoms with Crippen LogP contribution in [0.3, 0.4) is 0 Å². The number of ether oxygens (including phenoxy) is 2. The van der Waals surface area contributed by atoms with E-state index < -0.39 is 15.6 Å². The maximum Gasteiger partial charge on any atom is 0.241 e. The Balaban J connectivity index is 2.21. The van der Waals surface area contributed by atoms with Crippen LogP contribution in [-0.4, -0.2) is 45.9 Å². The van der Waals surface area contributed by atoms with E-state index in [1.807, 2.05) is 0 Å². The number of nitrogens with one attached hydrogen (secondary N) is 1. The maximum atomic E-state index is 12.4. The minimum Gasteiger partial charge on any atom is -0.389 e. The van der Waals surface area contributed by atoms with E-state index in [-0.39, 0.29) is 16.4 Å². The second kappa shape index (κ2) is 6.37. The monoisotopic (exact) mass is 330 g/mol. The van der Waals surface area contributed by atoms with Crippen molar-refractivity contribution in [2.45, 2.75) is 16.9 Å². The molecule has 0 radical (unpaired) electrons. The van der Waals surface area contributed by atoms with Crippen LogP contribution in [0, 0.1) is 0 Å². The van der Waals surface area contributed by atoms with Gasteiger partial charge >= 0.3 is 0 Å². The molecule has 6 nitrogen and oxygen atoms in total. The second-order valence-corrected chi connectivity index (χ2v) is 7.05. The number of methoxy groups -OCH3 is 1. The molecule has 0 aliphatic carbocycles. The molecule has 0 spiro atoms. The molecular weight excluding hydrogens is 312 g/mol. The molecule has 1 aliphatic heterocycles. The molecule has 1 saturated heterocycles. The molecule has 1 aromatic carbocycles. The van der Waals surface area contributed by atoms with E-state index in [1.165, 1.54) is 6.07 Å². The van der Waals surface area contributed by atoms with Crippen molar-refractivity contribution >= 4 is 27.2 Å². The highest BCUT2D eigenvalue weighted by molar-refractivity contribution is 7.89. The minimum absolute atomic E-state index is 0.0432. The number of thiocarbonyl (C=S) groups is 1. The lowest BCUT2D eigenvalue weighted by molar-refractivity contribution is -0.0120. The smallest absolute Gasteiger partial charge is 0.241 e. The Hall–Kier alpha value is -1.06. The first-order valence-corrected chi connectivity index (χ1v) is 8.31. The van der Waals surface area contributed by atoms with Crippen molar-refractivity contribution in [2.75, 3.05) is 26.9 Å². The van der Waals surface area contributed by atoms with Gasteiger partial charge in [0.05, 0.1) is 11.5 Å². The summed E-state index contributed by atoms with van der Waals surface area (Å²) in [7, 11) is -2.18. The van der Waals surface area contributed by atoms with Gasteiger partial charge in [-0.1, -0.05) is 30.4 Å². The van der Waals surface area contributed by atoms with E-state index in [9.17, 15) is 8.42 Å². The molecule has 3 N–H and O–H groups in total. The largest absolute Gasteiger partial charge is 0.389 e. The summed E-state index contributed by atoms with van der Waals surface area (Å²) in [6, 6.07) is 6.37. The SMILES string of the molecule is COC1(CNS(=O)(=O)c2ccccc2C(N)=S)CCOC1. The first-order chi connectivity index (χ1) is 9.90. The average molecular weight is 330 g/mol. The summed E-state index contributed by atoms with van der Waals surface area (Å²) < 4.78 is 38.1. The van der Waals surface area contributed by atoms with Crippen molar-refractivity contribution in [1.82, 2.24) is 4.72 Å². The van der Waals surface area contributed by atoms with Crippen LogP contribution in [-0.2, 0) is 19.5 Å². The molecule has 1 atom stereocenters. The molecule has 1 heterocycles. The fraction of sp³-hybridized carbons (Fsp3) is 0.462. The highest BCUT2D eigenvalue weighted by atomic mass is 32.2. The normalized spacial score (nSPS) is 22.3. The van der Waals surface area contributed by atoms with Gasteiger partial charge in [-0.05, 0) is 6.07 Å². The molecule has 0 saturated carbocycles. The van der Waals surface area contributed by atoms with E-state index in [2.05, 4.69) is 4.72 Å². The zero-order valence-corrected chi connectivity index (χ0v) is 13.3. The Labute approximate surface area is 129 Å². The Morgan fingerprint density at radius 1 is 1.52 bits per heavy atom. The van der Waals surface area contributed by atoms with Crippen LogP contribution in [0.2, 0.25) is 0 Å². The van der Waals surface area contributed by atoms with Crippen molar-refractivity contribution in [2.24, 2.45) is 5.73 Å². The summed E-state index contributed by atoms with van der Waals surface area (Å²) in [6.45, 7) is 1.06. The average Bonchev–Trinajstić information content (AvgIpc) is 2.95. The summed E-state index contributed by atoms with van der Waals surface area (Å²) in [4.78, 5) is 0.115. The van der Waals surface area contributed by atoms with Crippen LogP contribution in [0.1, 0.15) is 12.0 Å². The molecular formula is C13H18N2O4S2. The van der Waals surface area contributed by atoms with Gasteiger partial charge in [-0.3, -0.25) is 0 Å². The zero-order chi connectivity index (χ0) is 15.5. The first kappa shape index (κ1) is 16.3. The first-order valence-electron chi connectivity index (χ1n) is 6.42. The third-order valence-corrected chi connectivity index (χ3v) is 5.21. The Bertz CT molecular complexity index is 625.